The van der Waals surface area contributed by atoms with Crippen molar-refractivity contribution >= 4 is 20.3 Å². The molecule has 14 fully saturated rings. The van der Waals surface area contributed by atoms with E-state index in [0.717, 1.165) is 164 Å². The highest BCUT2D eigenvalue weighted by Gasteiger charge is 2.63. The summed E-state index contributed by atoms with van der Waals surface area (Å²) >= 11 is 0. The SMILES string of the molecule is C.CC(=O)O.CC(C)C.COc1ccc(CO)cc1.OC1CCCO1.[C-]#[N+][C@H](C)CC1CC[C@@H]2O[C@@H]([C@H](O)CO)C[C@]2(CO)O1.[C-]#[N+][C@H](C)CC1CC[C@@H]2O[C@@H]([C@H]3COC(C)(C)O3)C[C@]2(CO[Si](C)(C)C(C)(C)C)O1.[C-]#[N+][C@H](C)CC1CC[C@@H]2O[C@@H]3C[C@]2(C=C[C@H]3OC(C)=O)O1.[C-]#[N+][C@H](C)CC1CC[C@@H]2O[C@@H]3C[C@]2(CO[C@H]3O)O1.[C-]#[N+][C@H](C)CC1CC[C@@H]2O[C@@H]3C[C@]2(CO[C@H]3OCc2ccc(OC)cc2)O1.[H+]. The molecule has 7 N–H and O–H groups in total. The van der Waals surface area contributed by atoms with Gasteiger partial charge in [-0.05, 0) is 150 Å². The second-order valence-electron chi connectivity index (χ2n) is 42.7. The van der Waals surface area contributed by atoms with Crippen LogP contribution in [0.1, 0.15) is 265 Å². The first-order valence-electron chi connectivity index (χ1n) is 50.4. The van der Waals surface area contributed by atoms with E-state index in [9.17, 15) is 20.1 Å². The molecule has 794 valence electrons. The number of aliphatic hydroxyl groups excluding tert-OH is 6. The summed E-state index contributed by atoms with van der Waals surface area (Å²) in [5, 5.41) is 62.8. The van der Waals surface area contributed by atoms with Crippen molar-refractivity contribution in [1.29, 1.82) is 0 Å². The topological polar surface area (TPSA) is 382 Å². The maximum atomic E-state index is 11.1. The van der Waals surface area contributed by atoms with Gasteiger partial charge in [-0.2, -0.15) is 0 Å². The lowest BCUT2D eigenvalue weighted by molar-refractivity contribution is -0.242. The lowest BCUT2D eigenvalue weighted by Crippen LogP contribution is -2.55. The largest absolute Gasteiger partial charge is 1.00 e. The van der Waals surface area contributed by atoms with Crippen LogP contribution in [0.25, 0.3) is 24.2 Å². The molecule has 6 unspecified atom stereocenters. The van der Waals surface area contributed by atoms with Crippen LogP contribution in [0.3, 0.4) is 0 Å². The average Bonchev–Trinajstić information content (AvgIpc) is 1.60. The fourth-order valence-electron chi connectivity index (χ4n) is 20.3. The minimum atomic E-state index is -1.93. The van der Waals surface area contributed by atoms with Gasteiger partial charge in [-0.15, -0.1) is 0 Å². The number of nitrogens with zero attached hydrogens (tertiary/aromatic N) is 5. The zero-order valence-electron chi connectivity index (χ0n) is 87.1. The summed E-state index contributed by atoms with van der Waals surface area (Å²) in [5.41, 5.74) is -0.428. The minimum absolute atomic E-state index is 0. The lowest BCUT2D eigenvalue weighted by Gasteiger charge is -2.45. The van der Waals surface area contributed by atoms with Gasteiger partial charge in [0.1, 0.15) is 76.1 Å². The summed E-state index contributed by atoms with van der Waals surface area (Å²) < 4.78 is 118. The van der Waals surface area contributed by atoms with Gasteiger partial charge in [0.05, 0.1) is 140 Å². The maximum Gasteiger partial charge on any atom is 1.00 e. The molecule has 3 spiro atoms. The molecule has 14 saturated heterocycles. The van der Waals surface area contributed by atoms with Gasteiger partial charge in [-0.25, -0.2) is 32.9 Å². The Bertz CT molecular complexity index is 4340. The number of carboxylic acid groups (broad SMARTS) is 1. The number of benzene rings is 2. The molecule has 1 aliphatic carbocycles. The number of esters is 1. The molecule has 6 bridgehead atoms. The highest BCUT2D eigenvalue weighted by atomic mass is 28.4. The Morgan fingerprint density at radius 2 is 0.986 bits per heavy atom. The van der Waals surface area contributed by atoms with E-state index in [-0.39, 0.29) is 191 Å². The molecule has 141 heavy (non-hydrogen) atoms. The number of hydrogen-bond acceptors (Lipinski definition) is 28. The van der Waals surface area contributed by atoms with Crippen LogP contribution in [-0.4, -0.2) is 309 Å². The molecule has 31 atom stereocenters. The van der Waals surface area contributed by atoms with Crippen LogP contribution in [0.5, 0.6) is 11.5 Å². The van der Waals surface area contributed by atoms with Crippen LogP contribution >= 0.6 is 0 Å². The summed E-state index contributed by atoms with van der Waals surface area (Å²) in [5.74, 6) is 0.791. The third kappa shape index (κ3) is 34.0. The van der Waals surface area contributed by atoms with E-state index in [1.807, 2.05) is 109 Å². The number of rotatable bonds is 24. The number of methoxy groups -OCH3 is 2. The van der Waals surface area contributed by atoms with Crippen LogP contribution in [0.2, 0.25) is 18.1 Å². The van der Waals surface area contributed by atoms with Crippen molar-refractivity contribution < 1.29 is 141 Å². The molecule has 14 heterocycles. The van der Waals surface area contributed by atoms with Gasteiger partial charge in [-0.3, -0.25) is 9.59 Å². The monoisotopic (exact) mass is 2000 g/mol. The predicted molar refractivity (Wildman–Crippen MR) is 528 cm³/mol. The van der Waals surface area contributed by atoms with Crippen molar-refractivity contribution in [3.05, 3.63) is 129 Å². The molecule has 0 aromatic heterocycles. The Kier molecular flexibility index (Phi) is 46.6. The van der Waals surface area contributed by atoms with Gasteiger partial charge in [-0.1, -0.05) is 79.3 Å². The van der Waals surface area contributed by atoms with E-state index in [1.165, 1.54) is 6.92 Å². The first-order chi connectivity index (χ1) is 66.3. The van der Waals surface area contributed by atoms with Crippen molar-refractivity contribution in [1.82, 2.24) is 0 Å². The molecule has 2 aromatic rings. The summed E-state index contributed by atoms with van der Waals surface area (Å²) in [6.07, 6.45) is 18.1. The molecule has 2 aromatic carbocycles. The first kappa shape index (κ1) is 120. The number of carbonyl (C=O) groups is 2. The molecule has 35 heteroatoms. The number of fused-ring (bicyclic) bond motifs is 5. The lowest BCUT2D eigenvalue weighted by atomic mass is 9.82. The summed E-state index contributed by atoms with van der Waals surface area (Å²) in [4.78, 5) is 38.0. The molecule has 17 rings (SSSR count). The Labute approximate surface area is 840 Å². The molecule has 15 aliphatic rings. The zero-order chi connectivity index (χ0) is 103. The van der Waals surface area contributed by atoms with E-state index in [1.54, 1.807) is 14.2 Å². The van der Waals surface area contributed by atoms with E-state index < -0.39 is 56.1 Å². The highest BCUT2D eigenvalue weighted by molar-refractivity contribution is 6.74. The molecule has 0 amide bonds. The van der Waals surface area contributed by atoms with E-state index in [0.29, 0.717) is 52.3 Å². The smallest absolute Gasteiger partial charge is 0.497 e. The Hall–Kier alpha value is -6.53. The zero-order valence-corrected chi connectivity index (χ0v) is 87.1. The van der Waals surface area contributed by atoms with E-state index in [4.69, 9.17) is 153 Å². The third-order valence-electron chi connectivity index (χ3n) is 28.6. The van der Waals surface area contributed by atoms with Crippen molar-refractivity contribution in [3.63, 3.8) is 0 Å². The van der Waals surface area contributed by atoms with Crippen molar-refractivity contribution in [2.45, 2.75) is 477 Å². The predicted octanol–water partition coefficient (Wildman–Crippen LogP) is 15.6. The number of ether oxygens (including phenoxy) is 19. The second-order valence-corrected chi connectivity index (χ2v) is 47.5. The normalized spacial score (nSPS) is 35.5. The number of aliphatic hydroxyl groups is 6. The van der Waals surface area contributed by atoms with Crippen LogP contribution in [-0.2, 0) is 108 Å². The van der Waals surface area contributed by atoms with Crippen LogP contribution in [0.4, 0.5) is 0 Å². The van der Waals surface area contributed by atoms with Gasteiger partial charge >= 0.3 is 7.40 Å². The van der Waals surface area contributed by atoms with Crippen LogP contribution in [0.15, 0.2) is 60.7 Å². The second kappa shape index (κ2) is 54.9. The highest BCUT2D eigenvalue weighted by Crippen LogP contribution is 2.53. The molecular weight excluding hydrogens is 1840 g/mol. The number of carbonyl (C=O) groups excluding carboxylic acids is 1. The molecule has 0 saturated carbocycles. The fraction of sp³-hybridized carbons (Fsp3) is 0.802. The molecule has 0 radical (unpaired) electrons. The van der Waals surface area contributed by atoms with E-state index >= 15 is 0 Å². The summed E-state index contributed by atoms with van der Waals surface area (Å²) in [6, 6.07) is 15.0. The van der Waals surface area contributed by atoms with Crippen LogP contribution in [0, 0.1) is 38.8 Å². The summed E-state index contributed by atoms with van der Waals surface area (Å²) in [7, 11) is 1.34. The van der Waals surface area contributed by atoms with Crippen molar-refractivity contribution in [2.24, 2.45) is 5.92 Å². The molecule has 14 aliphatic heterocycles. The van der Waals surface area contributed by atoms with Gasteiger partial charge in [0.15, 0.2) is 33.0 Å². The fourth-order valence-corrected chi connectivity index (χ4v) is 21.3. The average molecular weight is 2000 g/mol. The Morgan fingerprint density at radius 1 is 0.539 bits per heavy atom. The summed E-state index contributed by atoms with van der Waals surface area (Å²) in [6.45, 7) is 72.3. The van der Waals surface area contributed by atoms with Gasteiger partial charge in [0, 0.05) is 126 Å². The number of carboxylic acids is 1. The standard InChI is InChI=1S/C23H41NO5Si.C21H27NO5.C16H21NO4.C14H23NO5.C13H19NO4.C8H10O2.C4H8O2.C4H10.C2H4O2.CH4/c1-16(24-7)12-17-10-11-20-23(28-17,15-26-30(8,9)21(2,3)4)13-18(27-20)19-14-25-22(5,6)29-19;1-14(22-2)10-17-8-9-19-21(27-17)11-18(26-19)20(25-13-21)24-12-15-4-6-16(23-3)7-5-15;1-10(17-3)8-12-4-5-15-16(21-12)7-6-13(19-11(2)18)14(9-16)20-15;1-9(15-2)5-10-3-4-13-14(8-17,20-10)6-12(19-13)11(18)7-16;1-8(14-2)5-9-3-4-11-13(18-9)6-10(17-11)12(15)16-7-13;1-10-8-4-2-7(6-9)3-5-8;5-4-2-1-3-6-4;1-4(2)3;1-2(3)4;/h16-20H,10-15H2,1-6,8-9H3;4-7,14,17-20H,8-13H2,1,3H3;6-7,10,12-15H,4-5,8-9H2,1-2H3;9-13,16-18H,3-8H2,1H3;8-12,15H,3-7H2,1H3;2-5,9H,6H2,1H3;4-5H,1-3H2;4H,1-3H3;1H3,(H,3,4);1H4/p+1/t16-,17?,18-,19-,20+,23-;14-,17?,18-,19+,20-,21-;10-,12?,13-,14-,15+,16+;9-,10?,11-,12-,13+,14-;8-,9?,10-,11+,12-,13-;;;;;/m11111...../s1. The van der Waals surface area contributed by atoms with Crippen LogP contribution < -0.4 is 9.47 Å². The number of aliphatic carboxylic acids is 1. The van der Waals surface area contributed by atoms with Gasteiger partial charge in [0.25, 0.3) is 5.97 Å². The minimum Gasteiger partial charge on any atom is -0.497 e. The van der Waals surface area contributed by atoms with Crippen molar-refractivity contribution in [2.75, 3.05) is 60.5 Å². The molecular formula is C106H168N5O29Si+. The Balaban J connectivity index is 0.000000228. The number of hydrogen-bond donors (Lipinski definition) is 7. The van der Waals surface area contributed by atoms with E-state index in [2.05, 4.69) is 78.9 Å². The third-order valence-corrected chi connectivity index (χ3v) is 33.1. The quantitative estimate of drug-likeness (QED) is 0.0222. The Morgan fingerprint density at radius 3 is 1.43 bits per heavy atom. The van der Waals surface area contributed by atoms with Gasteiger partial charge < -0.3 is 154 Å². The molecule has 34 nitrogen and oxygen atoms in total. The first-order valence-corrected chi connectivity index (χ1v) is 53.3. The maximum absolute atomic E-state index is 11.1. The van der Waals surface area contributed by atoms with Gasteiger partial charge in [0.2, 0.25) is 30.2 Å². The van der Waals surface area contributed by atoms with Crippen molar-refractivity contribution in [3.8, 4) is 11.5 Å².